The van der Waals surface area contributed by atoms with Gasteiger partial charge in [-0.1, -0.05) is 37.1 Å². The number of guanidine groups is 1. The van der Waals surface area contributed by atoms with E-state index in [1.165, 1.54) is 12.1 Å². The molecule has 7 nitrogen and oxygen atoms in total. The van der Waals surface area contributed by atoms with E-state index in [4.69, 9.17) is 20.4 Å². The summed E-state index contributed by atoms with van der Waals surface area (Å²) in [4.78, 5) is 5.89. The van der Waals surface area contributed by atoms with Gasteiger partial charge >= 0.3 is 6.18 Å². The topological polar surface area (TPSA) is 101 Å². The maximum absolute atomic E-state index is 13.6. The molecular weight excluding hydrogens is 411 g/mol. The first-order chi connectivity index (χ1) is 14.8. The quantitative estimate of drug-likeness (QED) is 0.263. The van der Waals surface area contributed by atoms with Crippen LogP contribution in [0.3, 0.4) is 0 Å². The van der Waals surface area contributed by atoms with Gasteiger partial charge in [0.2, 0.25) is 11.7 Å². The van der Waals surface area contributed by atoms with Crippen molar-refractivity contribution in [2.45, 2.75) is 51.2 Å². The monoisotopic (exact) mass is 437 g/mol. The van der Waals surface area contributed by atoms with E-state index in [1.807, 2.05) is 6.08 Å². The number of aromatic nitrogens is 2. The molecule has 0 radical (unpaired) electrons. The highest BCUT2D eigenvalue weighted by Crippen LogP contribution is 2.39. The standard InChI is InChI=1S/C21H26F3N5O2/c1-2-3-4-5-6-12-30-17-10-9-14(13-15(17)21(22,23)24)18-27-19(31-28-18)16-8-7-11-29(16)20(25)26/h5-6,9-10,13,16H,2-4,7-8,11-12H2,1H3,(H3,25,26)/t16-/m0/s1. The Morgan fingerprint density at radius 2 is 2.19 bits per heavy atom. The molecule has 0 bridgehead atoms. The normalized spacial score (nSPS) is 16.9. The van der Waals surface area contributed by atoms with Crippen LogP contribution in [0.2, 0.25) is 0 Å². The molecule has 31 heavy (non-hydrogen) atoms. The summed E-state index contributed by atoms with van der Waals surface area (Å²) in [6.07, 6.45) is 3.45. The number of nitrogens with one attached hydrogen (secondary N) is 1. The summed E-state index contributed by atoms with van der Waals surface area (Å²) in [5.74, 6) is -0.0822. The van der Waals surface area contributed by atoms with E-state index in [9.17, 15) is 13.2 Å². The van der Waals surface area contributed by atoms with Gasteiger partial charge in [0, 0.05) is 12.1 Å². The molecule has 1 aromatic heterocycles. The molecule has 10 heteroatoms. The Morgan fingerprint density at radius 1 is 1.39 bits per heavy atom. The minimum absolute atomic E-state index is 0.0434. The summed E-state index contributed by atoms with van der Waals surface area (Å²) < 4.78 is 51.4. The van der Waals surface area contributed by atoms with Gasteiger partial charge in [0.25, 0.3) is 0 Å². The number of benzene rings is 1. The maximum Gasteiger partial charge on any atom is 0.419 e. The second-order valence-electron chi connectivity index (χ2n) is 7.33. The number of halogens is 3. The number of ether oxygens (including phenoxy) is 1. The Morgan fingerprint density at radius 3 is 2.90 bits per heavy atom. The summed E-state index contributed by atoms with van der Waals surface area (Å²) in [5, 5.41) is 11.5. The van der Waals surface area contributed by atoms with Gasteiger partial charge in [-0.25, -0.2) is 0 Å². The molecular formula is C21H26F3N5O2. The molecule has 2 heterocycles. The minimum Gasteiger partial charge on any atom is -0.489 e. The van der Waals surface area contributed by atoms with Crippen molar-refractivity contribution in [2.75, 3.05) is 13.2 Å². The number of alkyl halides is 3. The number of likely N-dealkylation sites (tertiary alicyclic amines) is 1. The van der Waals surface area contributed by atoms with Gasteiger partial charge in [-0.15, -0.1) is 0 Å². The van der Waals surface area contributed by atoms with Gasteiger partial charge in [0.15, 0.2) is 5.96 Å². The molecule has 0 saturated carbocycles. The van der Waals surface area contributed by atoms with E-state index in [0.717, 1.165) is 31.7 Å². The van der Waals surface area contributed by atoms with Crippen LogP contribution >= 0.6 is 0 Å². The van der Waals surface area contributed by atoms with Gasteiger partial charge in [-0.05, 0) is 37.5 Å². The fourth-order valence-corrected chi connectivity index (χ4v) is 3.46. The van der Waals surface area contributed by atoms with Gasteiger partial charge in [0.1, 0.15) is 18.4 Å². The number of nitrogens with two attached hydrogens (primary N) is 1. The van der Waals surface area contributed by atoms with Crippen molar-refractivity contribution >= 4 is 5.96 Å². The van der Waals surface area contributed by atoms with Crippen molar-refractivity contribution in [1.82, 2.24) is 15.0 Å². The Kier molecular flexibility index (Phi) is 7.19. The molecule has 3 N–H and O–H groups in total. The summed E-state index contributed by atoms with van der Waals surface area (Å²) in [5.41, 5.74) is 4.85. The van der Waals surface area contributed by atoms with Gasteiger partial charge in [-0.2, -0.15) is 18.2 Å². The third-order valence-electron chi connectivity index (χ3n) is 5.06. The summed E-state index contributed by atoms with van der Waals surface area (Å²) in [6, 6.07) is 3.35. The highest BCUT2D eigenvalue weighted by Gasteiger charge is 2.36. The van der Waals surface area contributed by atoms with Crippen LogP contribution < -0.4 is 10.5 Å². The fourth-order valence-electron chi connectivity index (χ4n) is 3.46. The predicted molar refractivity (Wildman–Crippen MR) is 109 cm³/mol. The Bertz CT molecular complexity index is 926. The molecule has 1 fully saturated rings. The van der Waals surface area contributed by atoms with Crippen molar-refractivity contribution in [2.24, 2.45) is 5.73 Å². The molecule has 1 aliphatic rings. The second kappa shape index (κ2) is 9.84. The second-order valence-corrected chi connectivity index (χ2v) is 7.33. The van der Waals surface area contributed by atoms with E-state index in [2.05, 4.69) is 17.1 Å². The van der Waals surface area contributed by atoms with Gasteiger partial charge in [-0.3, -0.25) is 5.41 Å². The largest absolute Gasteiger partial charge is 0.489 e. The van der Waals surface area contributed by atoms with Crippen LogP contribution in [-0.4, -0.2) is 34.2 Å². The minimum atomic E-state index is -4.60. The van der Waals surface area contributed by atoms with E-state index >= 15 is 0 Å². The molecule has 3 rings (SSSR count). The zero-order valence-electron chi connectivity index (χ0n) is 17.3. The SMILES string of the molecule is CCCCC=CCOc1ccc(-c2noc([C@@H]3CCCN3C(=N)N)n2)cc1C(F)(F)F. The van der Waals surface area contributed by atoms with Crippen molar-refractivity contribution in [1.29, 1.82) is 5.41 Å². The third-order valence-corrected chi connectivity index (χ3v) is 5.06. The van der Waals surface area contributed by atoms with Crippen LogP contribution in [-0.2, 0) is 6.18 Å². The lowest BCUT2D eigenvalue weighted by Crippen LogP contribution is -2.35. The number of rotatable bonds is 8. The average Bonchev–Trinajstić information content (AvgIpc) is 3.39. The zero-order valence-corrected chi connectivity index (χ0v) is 17.3. The Balaban J connectivity index is 1.79. The lowest BCUT2D eigenvalue weighted by atomic mass is 10.1. The number of unbranched alkanes of at least 4 members (excludes halogenated alkanes) is 2. The number of hydrogen-bond donors (Lipinski definition) is 2. The summed E-state index contributed by atoms with van der Waals surface area (Å²) in [6.45, 7) is 2.72. The highest BCUT2D eigenvalue weighted by atomic mass is 19.4. The zero-order chi connectivity index (χ0) is 22.4. The summed E-state index contributed by atoms with van der Waals surface area (Å²) >= 11 is 0. The fraction of sp³-hybridized carbons (Fsp3) is 0.476. The number of nitrogens with zero attached hydrogens (tertiary/aromatic N) is 3. The van der Waals surface area contributed by atoms with Crippen LogP contribution in [0, 0.1) is 5.41 Å². The highest BCUT2D eigenvalue weighted by molar-refractivity contribution is 5.75. The molecule has 0 aliphatic carbocycles. The molecule has 0 spiro atoms. The van der Waals surface area contributed by atoms with Crippen LogP contribution in [0.25, 0.3) is 11.4 Å². The molecule has 1 aliphatic heterocycles. The Labute approximate surface area is 178 Å². The molecule has 0 unspecified atom stereocenters. The Hall–Kier alpha value is -3.04. The number of hydrogen-bond acceptors (Lipinski definition) is 5. The lowest BCUT2D eigenvalue weighted by Gasteiger charge is -2.21. The molecule has 168 valence electrons. The van der Waals surface area contributed by atoms with E-state index in [-0.39, 0.29) is 41.6 Å². The van der Waals surface area contributed by atoms with Crippen molar-refractivity contribution in [3.05, 3.63) is 41.8 Å². The molecule has 1 saturated heterocycles. The first kappa shape index (κ1) is 22.6. The smallest absolute Gasteiger partial charge is 0.419 e. The first-order valence-corrected chi connectivity index (χ1v) is 10.2. The average molecular weight is 437 g/mol. The molecule has 2 aromatic rings. The maximum atomic E-state index is 13.6. The lowest BCUT2D eigenvalue weighted by molar-refractivity contribution is -0.138. The van der Waals surface area contributed by atoms with E-state index < -0.39 is 11.7 Å². The van der Waals surface area contributed by atoms with Gasteiger partial charge in [0.05, 0.1) is 5.56 Å². The van der Waals surface area contributed by atoms with Crippen molar-refractivity contribution in [3.8, 4) is 17.1 Å². The number of allylic oxidation sites excluding steroid dienone is 1. The van der Waals surface area contributed by atoms with Crippen molar-refractivity contribution in [3.63, 3.8) is 0 Å². The van der Waals surface area contributed by atoms with Crippen LogP contribution in [0.4, 0.5) is 13.2 Å². The van der Waals surface area contributed by atoms with Crippen LogP contribution in [0.5, 0.6) is 5.75 Å². The molecule has 1 aromatic carbocycles. The van der Waals surface area contributed by atoms with Crippen LogP contribution in [0.15, 0.2) is 34.9 Å². The van der Waals surface area contributed by atoms with Crippen LogP contribution in [0.1, 0.15) is 56.5 Å². The summed E-state index contributed by atoms with van der Waals surface area (Å²) in [7, 11) is 0. The molecule has 1 atom stereocenters. The van der Waals surface area contributed by atoms with E-state index in [1.54, 1.807) is 11.0 Å². The van der Waals surface area contributed by atoms with E-state index in [0.29, 0.717) is 13.0 Å². The predicted octanol–water partition coefficient (Wildman–Crippen LogP) is 4.91. The first-order valence-electron chi connectivity index (χ1n) is 10.2. The van der Waals surface area contributed by atoms with Crippen molar-refractivity contribution < 1.29 is 22.4 Å². The third kappa shape index (κ3) is 5.56. The van der Waals surface area contributed by atoms with Gasteiger partial charge < -0.3 is 19.9 Å². The molecule has 0 amide bonds.